The number of nitrogens with zero attached hydrogens (tertiary/aromatic N) is 3. The third-order valence-corrected chi connectivity index (χ3v) is 21.5. The average Bonchev–Trinajstić information content (AvgIpc) is 3.91. The summed E-state index contributed by atoms with van der Waals surface area (Å²) in [6, 6.07) is 0.206. The number of aliphatic imine (C=N–C) groups is 1. The minimum Gasteiger partial charge on any atom is -0.393 e. The van der Waals surface area contributed by atoms with Gasteiger partial charge in [0, 0.05) is 53.7 Å². The maximum absolute atomic E-state index is 14.4. The van der Waals surface area contributed by atoms with Crippen LogP contribution in [-0.4, -0.2) is 83.7 Å². The van der Waals surface area contributed by atoms with E-state index in [1.165, 1.54) is 50.5 Å². The van der Waals surface area contributed by atoms with Crippen LogP contribution in [0.5, 0.6) is 0 Å². The molecule has 60 heavy (non-hydrogen) atoms. The molecule has 0 amide bonds. The summed E-state index contributed by atoms with van der Waals surface area (Å²) >= 11 is 0. The molecule has 7 aliphatic carbocycles. The molecule has 4 bridgehead atoms. The molecule has 12 heteroatoms. The highest BCUT2D eigenvalue weighted by molar-refractivity contribution is 8.76. The zero-order chi connectivity index (χ0) is 42.6. The number of hydrogen-bond acceptors (Lipinski definition) is 9. The van der Waals surface area contributed by atoms with Crippen molar-refractivity contribution in [2.24, 2.45) is 85.5 Å². The van der Waals surface area contributed by atoms with Crippen LogP contribution in [0.3, 0.4) is 0 Å². The Hall–Kier alpha value is -1.83. The number of guanidine groups is 1. The Morgan fingerprint density at radius 3 is 2.48 bits per heavy atom. The first-order valence-electron chi connectivity index (χ1n) is 23.4. The van der Waals surface area contributed by atoms with Gasteiger partial charge in [0.2, 0.25) is 0 Å². The van der Waals surface area contributed by atoms with Crippen molar-refractivity contribution in [3.05, 3.63) is 41.5 Å². The number of imidazole rings is 1. The van der Waals surface area contributed by atoms with Gasteiger partial charge < -0.3 is 36.5 Å². The van der Waals surface area contributed by atoms with E-state index in [9.17, 15) is 25.2 Å². The van der Waals surface area contributed by atoms with Crippen LogP contribution in [0, 0.1) is 69.0 Å². The molecule has 1 aromatic heterocycles. The Morgan fingerprint density at radius 2 is 1.73 bits per heavy atom. The van der Waals surface area contributed by atoms with Crippen molar-refractivity contribution in [1.29, 1.82) is 0 Å². The largest absolute Gasteiger partial charge is 0.393 e. The van der Waals surface area contributed by atoms with E-state index in [4.69, 9.17) is 11.5 Å². The van der Waals surface area contributed by atoms with E-state index in [1.807, 2.05) is 34.1 Å². The van der Waals surface area contributed by atoms with Crippen LogP contribution in [0.2, 0.25) is 0 Å². The summed E-state index contributed by atoms with van der Waals surface area (Å²) in [5.41, 5.74) is 13.4. The molecule has 7 fully saturated rings. The van der Waals surface area contributed by atoms with Crippen LogP contribution in [0.25, 0.3) is 0 Å². The van der Waals surface area contributed by atoms with E-state index >= 15 is 0 Å². The summed E-state index contributed by atoms with van der Waals surface area (Å²) in [7, 11) is 3.71. The highest BCUT2D eigenvalue weighted by atomic mass is 33.1. The lowest BCUT2D eigenvalue weighted by Gasteiger charge is -2.63. The Bertz CT molecular complexity index is 1900. The van der Waals surface area contributed by atoms with E-state index in [2.05, 4.69) is 55.4 Å². The lowest BCUT2D eigenvalue weighted by molar-refractivity contribution is -0.168. The molecule has 1 saturated heterocycles. The van der Waals surface area contributed by atoms with Gasteiger partial charge in [0.15, 0.2) is 11.7 Å². The summed E-state index contributed by atoms with van der Waals surface area (Å²) in [5, 5.41) is 48.9. The molecular weight excluding hydrogens is 791 g/mol. The maximum atomic E-state index is 14.4. The van der Waals surface area contributed by atoms with E-state index in [-0.39, 0.29) is 65.6 Å². The third-order valence-electron chi connectivity index (χ3n) is 19.0. The summed E-state index contributed by atoms with van der Waals surface area (Å²) < 4.78 is 2.29. The Labute approximate surface area is 366 Å². The molecule has 9 rings (SSSR count). The molecule has 0 unspecified atom stereocenters. The molecule has 16 atom stereocenters. The first kappa shape index (κ1) is 43.4. The standard InChI is InChI=1S/C48H73N5O5S2/c1-27-34-14-32(48(58)37-17-39(55)36-16-40(56)41(57)22-45(36,4)42(37)30(19-46(34,48)5)23-52-43(49)50)24-59-60-25-33(53-12-11-51-26-53)21-44(2,3)35(15-38(27)54)29-13-28-8-9-31-7-6-10-47(31,18-28)20-29/h11-12,17,26-28,30-34,36,38,40-42,54,56-58H,6-10,13-16,18-25H2,1-5H3,(H4,49,50,52)/b35-29+/t27-,28-,30+,31+,32+,33-,34+,36-,38+,40+,41-,42-,45-,46+,47-,48+/m0/s1. The predicted molar refractivity (Wildman–Crippen MR) is 241 cm³/mol. The quantitative estimate of drug-likeness (QED) is 0.0786. The molecule has 8 N–H and O–H groups in total. The van der Waals surface area contributed by atoms with Crippen molar-refractivity contribution in [1.82, 2.24) is 9.55 Å². The molecule has 8 aliphatic rings. The molecule has 10 nitrogen and oxygen atoms in total. The number of allylic oxidation sites excluding steroid dienone is 2. The van der Waals surface area contributed by atoms with Gasteiger partial charge >= 0.3 is 0 Å². The Morgan fingerprint density at radius 1 is 0.950 bits per heavy atom. The third kappa shape index (κ3) is 6.92. The van der Waals surface area contributed by atoms with Crippen molar-refractivity contribution >= 4 is 33.3 Å². The Kier molecular flexibility index (Phi) is 11.4. The van der Waals surface area contributed by atoms with Crippen LogP contribution < -0.4 is 11.5 Å². The van der Waals surface area contributed by atoms with Crippen molar-refractivity contribution < 1.29 is 25.2 Å². The van der Waals surface area contributed by atoms with Crippen LogP contribution in [0.1, 0.15) is 131 Å². The number of rotatable bonds is 3. The van der Waals surface area contributed by atoms with E-state index < -0.39 is 40.7 Å². The topological polar surface area (TPSA) is 180 Å². The van der Waals surface area contributed by atoms with Gasteiger partial charge in [0.25, 0.3) is 0 Å². The average molecular weight is 864 g/mol. The molecule has 1 aromatic rings. The molecule has 0 radical (unpaired) electrons. The fraction of sp³-hybridized carbons (Fsp3) is 0.812. The number of nitrogens with two attached hydrogens (primary N) is 2. The number of aliphatic hydroxyl groups excluding tert-OH is 3. The van der Waals surface area contributed by atoms with Crippen molar-refractivity contribution in [2.75, 3.05) is 18.1 Å². The minimum atomic E-state index is -1.33. The zero-order valence-corrected chi connectivity index (χ0v) is 38.4. The van der Waals surface area contributed by atoms with E-state index in [0.29, 0.717) is 30.6 Å². The minimum absolute atomic E-state index is 0.00953. The molecule has 1 spiro atoms. The number of aliphatic hydroxyl groups is 4. The van der Waals surface area contributed by atoms with E-state index in [0.717, 1.165) is 42.4 Å². The van der Waals surface area contributed by atoms with E-state index in [1.54, 1.807) is 11.6 Å². The normalized spacial score (nSPS) is 49.1. The first-order chi connectivity index (χ1) is 28.4. The van der Waals surface area contributed by atoms with Crippen LogP contribution in [0.4, 0.5) is 0 Å². The number of carbonyl (C=O) groups is 1. The van der Waals surface area contributed by atoms with Gasteiger partial charge in [-0.25, -0.2) is 4.98 Å². The van der Waals surface area contributed by atoms with Gasteiger partial charge in [-0.2, -0.15) is 0 Å². The lowest BCUT2D eigenvalue weighted by Crippen LogP contribution is -2.65. The van der Waals surface area contributed by atoms with Crippen molar-refractivity contribution in [3.8, 4) is 0 Å². The van der Waals surface area contributed by atoms with Crippen molar-refractivity contribution in [2.45, 2.75) is 154 Å². The Balaban J connectivity index is 1.15. The smallest absolute Gasteiger partial charge is 0.185 e. The summed E-state index contributed by atoms with van der Waals surface area (Å²) in [5.74, 6) is 1.91. The monoisotopic (exact) mass is 864 g/mol. The van der Waals surface area contributed by atoms with Gasteiger partial charge in [0.05, 0.1) is 30.2 Å². The fourth-order valence-corrected chi connectivity index (χ4v) is 19.0. The molecular formula is C48H73N5O5S2. The van der Waals surface area contributed by atoms with Crippen molar-refractivity contribution in [3.63, 3.8) is 0 Å². The highest BCUT2D eigenvalue weighted by Gasteiger charge is 2.72. The number of carbonyl (C=O) groups excluding carboxylic acids is 1. The summed E-state index contributed by atoms with van der Waals surface area (Å²) in [6.45, 7) is 11.8. The van der Waals surface area contributed by atoms with Gasteiger partial charge in [-0.15, -0.1) is 0 Å². The number of hydrogen-bond donors (Lipinski definition) is 6. The number of ketones is 1. The first-order valence-corrected chi connectivity index (χ1v) is 25.9. The SMILES string of the molecule is C[C@@H]1[C@H](O)C/C(=C2/C[C@@H]3CC[C@H]4CCC[C@@]4(C2)C3)C(C)(C)C[C@H](n2ccnc2)CSSC[C@H]2C[C@H]1[C@@]1(C)C[C@H](CN=C(N)N)[C@H]3C(=CC(=O)[C@@H]4C[C@@H](O)[C@@H](O)C[C@]34C)[C@]21O. The van der Waals surface area contributed by atoms with Crippen LogP contribution >= 0.6 is 21.6 Å². The van der Waals surface area contributed by atoms with Gasteiger partial charge in [-0.05, 0) is 147 Å². The number of fused-ring (bicyclic) bond motifs is 10. The molecule has 6 saturated carbocycles. The molecule has 2 heterocycles. The zero-order valence-electron chi connectivity index (χ0n) is 36.8. The fourth-order valence-electron chi connectivity index (χ4n) is 16.3. The van der Waals surface area contributed by atoms with Crippen LogP contribution in [0.15, 0.2) is 46.5 Å². The highest BCUT2D eigenvalue weighted by Crippen LogP contribution is 2.72. The summed E-state index contributed by atoms with van der Waals surface area (Å²) in [6.07, 6.45) is 19.0. The number of aromatic nitrogens is 2. The predicted octanol–water partition coefficient (Wildman–Crippen LogP) is 7.23. The second kappa shape index (κ2) is 15.7. The lowest BCUT2D eigenvalue weighted by atomic mass is 9.42. The molecule has 0 aromatic carbocycles. The van der Waals surface area contributed by atoms with Crippen LogP contribution in [-0.2, 0) is 4.79 Å². The second-order valence-electron chi connectivity index (χ2n) is 22.6. The molecule has 332 valence electrons. The molecule has 1 aliphatic heterocycles. The second-order valence-corrected chi connectivity index (χ2v) is 25.1. The van der Waals surface area contributed by atoms with Gasteiger partial charge in [0.1, 0.15) is 0 Å². The van der Waals surface area contributed by atoms with Gasteiger partial charge in [-0.1, -0.05) is 73.8 Å². The van der Waals surface area contributed by atoms with Gasteiger partial charge in [-0.3, -0.25) is 9.79 Å². The summed E-state index contributed by atoms with van der Waals surface area (Å²) in [4.78, 5) is 23.5. The maximum Gasteiger partial charge on any atom is 0.185 e.